The number of carbonyl (C=O) groups is 1. The first-order valence-electron chi connectivity index (χ1n) is 6.39. The Morgan fingerprint density at radius 1 is 1.13 bits per heavy atom. The molecule has 0 bridgehead atoms. The van der Waals surface area contributed by atoms with Crippen LogP contribution in [0, 0.1) is 23.0 Å². The Hall–Kier alpha value is -2.91. The average molecular weight is 334 g/mol. The van der Waals surface area contributed by atoms with Crippen molar-refractivity contribution in [2.45, 2.75) is 0 Å². The van der Waals surface area contributed by atoms with Crippen molar-refractivity contribution >= 4 is 28.9 Å². The van der Waals surface area contributed by atoms with E-state index in [2.05, 4.69) is 10.6 Å². The van der Waals surface area contributed by atoms with Gasteiger partial charge in [0.15, 0.2) is 0 Å². The lowest BCUT2D eigenvalue weighted by molar-refractivity contribution is -0.112. The number of rotatable bonds is 4. The molecule has 0 fully saturated rings. The van der Waals surface area contributed by atoms with Gasteiger partial charge in [-0.3, -0.25) is 4.79 Å². The first-order valence-corrected chi connectivity index (χ1v) is 6.77. The first-order chi connectivity index (χ1) is 11.0. The van der Waals surface area contributed by atoms with E-state index in [0.29, 0.717) is 10.7 Å². The molecule has 1 amide bonds. The zero-order valence-corrected chi connectivity index (χ0v) is 12.4. The van der Waals surface area contributed by atoms with Gasteiger partial charge in [0.1, 0.15) is 29.0 Å². The van der Waals surface area contributed by atoms with Crippen LogP contribution in [0.4, 0.5) is 20.2 Å². The highest BCUT2D eigenvalue weighted by Crippen LogP contribution is 2.18. The van der Waals surface area contributed by atoms with Gasteiger partial charge in [0, 0.05) is 16.9 Å². The third kappa shape index (κ3) is 4.28. The van der Waals surface area contributed by atoms with Crippen molar-refractivity contribution in [2.24, 2.45) is 0 Å². The number of hydrogen-bond donors (Lipinski definition) is 2. The summed E-state index contributed by atoms with van der Waals surface area (Å²) in [6.07, 6.45) is 0.937. The third-order valence-corrected chi connectivity index (χ3v) is 3.04. The zero-order valence-electron chi connectivity index (χ0n) is 11.6. The van der Waals surface area contributed by atoms with Crippen LogP contribution in [0.1, 0.15) is 0 Å². The predicted octanol–water partition coefficient (Wildman–Crippen LogP) is 4.08. The Balaban J connectivity index is 2.14. The maximum absolute atomic E-state index is 13.5. The second-order valence-electron chi connectivity index (χ2n) is 4.37. The van der Waals surface area contributed by atoms with Gasteiger partial charge in [-0.05, 0) is 36.4 Å². The van der Waals surface area contributed by atoms with Crippen molar-refractivity contribution in [1.29, 1.82) is 5.26 Å². The summed E-state index contributed by atoms with van der Waals surface area (Å²) >= 11 is 5.73. The van der Waals surface area contributed by atoms with Crippen molar-refractivity contribution in [2.75, 3.05) is 10.6 Å². The van der Waals surface area contributed by atoms with E-state index >= 15 is 0 Å². The normalized spacial score (nSPS) is 10.8. The molecule has 0 atom stereocenters. The smallest absolute Gasteiger partial charge is 0.267 e. The lowest BCUT2D eigenvalue weighted by Crippen LogP contribution is -2.14. The molecular formula is C16H10ClF2N3O. The van der Waals surface area contributed by atoms with Crippen LogP contribution in [0.25, 0.3) is 0 Å². The van der Waals surface area contributed by atoms with Crippen LogP contribution < -0.4 is 10.6 Å². The third-order valence-electron chi connectivity index (χ3n) is 2.79. The highest BCUT2D eigenvalue weighted by molar-refractivity contribution is 6.30. The van der Waals surface area contributed by atoms with E-state index in [9.17, 15) is 13.6 Å². The van der Waals surface area contributed by atoms with Crippen LogP contribution >= 0.6 is 11.6 Å². The Morgan fingerprint density at radius 3 is 2.30 bits per heavy atom. The number of nitriles is 1. The van der Waals surface area contributed by atoms with Crippen molar-refractivity contribution in [3.63, 3.8) is 0 Å². The maximum atomic E-state index is 13.5. The van der Waals surface area contributed by atoms with Gasteiger partial charge in [0.05, 0.1) is 0 Å². The molecule has 2 aromatic carbocycles. The predicted molar refractivity (Wildman–Crippen MR) is 83.8 cm³/mol. The minimum Gasteiger partial charge on any atom is -0.355 e. The van der Waals surface area contributed by atoms with Gasteiger partial charge in [-0.2, -0.15) is 5.26 Å². The highest BCUT2D eigenvalue weighted by atomic mass is 35.5. The molecule has 0 heterocycles. The summed E-state index contributed by atoms with van der Waals surface area (Å²) in [4.78, 5) is 12.0. The van der Waals surface area contributed by atoms with Gasteiger partial charge in [-0.25, -0.2) is 8.78 Å². The van der Waals surface area contributed by atoms with E-state index in [1.54, 1.807) is 30.3 Å². The van der Waals surface area contributed by atoms with Crippen LogP contribution in [-0.4, -0.2) is 5.91 Å². The van der Waals surface area contributed by atoms with Crippen LogP contribution in [0.2, 0.25) is 5.02 Å². The molecule has 116 valence electrons. The molecule has 0 aliphatic heterocycles. The average Bonchev–Trinajstić information content (AvgIpc) is 2.52. The Kier molecular flexibility index (Phi) is 5.28. The van der Waals surface area contributed by atoms with Crippen molar-refractivity contribution in [1.82, 2.24) is 0 Å². The lowest BCUT2D eigenvalue weighted by Gasteiger charge is -2.06. The largest absolute Gasteiger partial charge is 0.355 e. The number of amides is 1. The van der Waals surface area contributed by atoms with Crippen LogP contribution in [0.5, 0.6) is 0 Å². The molecule has 4 nitrogen and oxygen atoms in total. The number of nitrogens with zero attached hydrogens (tertiary/aromatic N) is 1. The summed E-state index contributed by atoms with van der Waals surface area (Å²) in [5.41, 5.74) is -0.361. The van der Waals surface area contributed by atoms with Gasteiger partial charge in [-0.15, -0.1) is 0 Å². The molecule has 0 spiro atoms. The maximum Gasteiger partial charge on any atom is 0.267 e. The van der Waals surface area contributed by atoms with E-state index in [0.717, 1.165) is 18.3 Å². The second-order valence-corrected chi connectivity index (χ2v) is 4.81. The molecule has 0 aromatic heterocycles. The van der Waals surface area contributed by atoms with Gasteiger partial charge in [0.25, 0.3) is 5.91 Å². The fraction of sp³-hybridized carbons (Fsp3) is 0. The number of benzene rings is 2. The molecule has 0 unspecified atom stereocenters. The summed E-state index contributed by atoms with van der Waals surface area (Å²) in [6.45, 7) is 0. The van der Waals surface area contributed by atoms with E-state index in [-0.39, 0.29) is 5.57 Å². The molecule has 2 N–H and O–H groups in total. The topological polar surface area (TPSA) is 64.9 Å². The molecule has 0 aliphatic rings. The highest BCUT2D eigenvalue weighted by Gasteiger charge is 2.11. The Morgan fingerprint density at radius 2 is 1.74 bits per heavy atom. The van der Waals surface area contributed by atoms with E-state index in [1.807, 2.05) is 0 Å². The quantitative estimate of drug-likeness (QED) is 0.654. The second kappa shape index (κ2) is 7.38. The standard InChI is InChI=1S/C16H10ClF2N3O/c17-11-4-6-12(7-5-11)22-16(23)10(8-20)9-21-15-13(18)2-1-3-14(15)19/h1-7,9,21H,(H,22,23)/b10-9-. The molecule has 0 aliphatic carbocycles. The van der Waals surface area contributed by atoms with Crippen molar-refractivity contribution in [3.8, 4) is 6.07 Å². The number of para-hydroxylation sites is 1. The van der Waals surface area contributed by atoms with E-state index in [4.69, 9.17) is 16.9 Å². The van der Waals surface area contributed by atoms with Crippen LogP contribution in [0.3, 0.4) is 0 Å². The minimum absolute atomic E-state index is 0.345. The SMILES string of the molecule is N#C/C(=C/Nc1c(F)cccc1F)C(=O)Nc1ccc(Cl)cc1. The minimum atomic E-state index is -0.836. The number of anilines is 2. The Labute approximate surface area is 136 Å². The number of hydrogen-bond acceptors (Lipinski definition) is 3. The lowest BCUT2D eigenvalue weighted by atomic mass is 10.2. The summed E-state index contributed by atoms with van der Waals surface area (Å²) in [7, 11) is 0. The number of carbonyl (C=O) groups excluding carboxylic acids is 1. The van der Waals surface area contributed by atoms with Crippen molar-refractivity contribution in [3.05, 3.63) is 70.9 Å². The molecule has 2 aromatic rings. The fourth-order valence-electron chi connectivity index (χ4n) is 1.66. The molecule has 0 saturated carbocycles. The van der Waals surface area contributed by atoms with E-state index < -0.39 is 23.2 Å². The molecule has 2 rings (SSSR count). The summed E-state index contributed by atoms with van der Waals surface area (Å²) in [5.74, 6) is -2.40. The van der Waals surface area contributed by atoms with Crippen LogP contribution in [-0.2, 0) is 4.79 Å². The molecule has 23 heavy (non-hydrogen) atoms. The monoisotopic (exact) mass is 333 g/mol. The van der Waals surface area contributed by atoms with Crippen LogP contribution in [0.15, 0.2) is 54.2 Å². The number of halogens is 3. The first kappa shape index (κ1) is 16.5. The Bertz CT molecular complexity index is 778. The molecule has 0 radical (unpaired) electrons. The molecule has 7 heteroatoms. The van der Waals surface area contributed by atoms with Gasteiger partial charge in [-0.1, -0.05) is 17.7 Å². The van der Waals surface area contributed by atoms with Gasteiger partial charge >= 0.3 is 0 Å². The molecule has 0 saturated heterocycles. The fourth-order valence-corrected chi connectivity index (χ4v) is 1.79. The van der Waals surface area contributed by atoms with Crippen molar-refractivity contribution < 1.29 is 13.6 Å². The summed E-state index contributed by atoms with van der Waals surface area (Å²) in [5, 5.41) is 14.3. The molecular weight excluding hydrogens is 324 g/mol. The summed E-state index contributed by atoms with van der Waals surface area (Å²) in [6, 6.07) is 11.2. The summed E-state index contributed by atoms with van der Waals surface area (Å²) < 4.78 is 26.9. The van der Waals surface area contributed by atoms with Gasteiger partial charge in [0.2, 0.25) is 0 Å². The van der Waals surface area contributed by atoms with Gasteiger partial charge < -0.3 is 10.6 Å². The zero-order chi connectivity index (χ0) is 16.8. The van der Waals surface area contributed by atoms with E-state index in [1.165, 1.54) is 6.07 Å². The number of nitrogens with one attached hydrogen (secondary N) is 2.